The van der Waals surface area contributed by atoms with Crippen LogP contribution in [0, 0.1) is 5.82 Å². The Morgan fingerprint density at radius 3 is 2.83 bits per heavy atom. The number of morpholine rings is 1. The van der Waals surface area contributed by atoms with Gasteiger partial charge in [-0.3, -0.25) is 4.90 Å². The van der Waals surface area contributed by atoms with E-state index in [1.807, 2.05) is 36.4 Å². The van der Waals surface area contributed by atoms with Crippen LogP contribution >= 0.6 is 0 Å². The molecule has 0 spiro atoms. The van der Waals surface area contributed by atoms with E-state index in [1.165, 1.54) is 12.1 Å². The third-order valence-corrected chi connectivity index (χ3v) is 4.03. The molecule has 1 aliphatic heterocycles. The number of nitrogens with zero attached hydrogens (tertiary/aromatic N) is 1. The maximum absolute atomic E-state index is 13.4. The normalized spacial score (nSPS) is 19.8. The highest BCUT2D eigenvalue weighted by molar-refractivity contribution is 5.21. The maximum Gasteiger partial charge on any atom is 0.123 e. The van der Waals surface area contributed by atoms with E-state index in [-0.39, 0.29) is 18.5 Å². The average Bonchev–Trinajstić information content (AvgIpc) is 2.61. The average molecular weight is 331 g/mol. The zero-order chi connectivity index (χ0) is 16.8. The number of hydrogen-bond acceptors (Lipinski definition) is 4. The van der Waals surface area contributed by atoms with Gasteiger partial charge in [-0.1, -0.05) is 30.3 Å². The molecule has 2 aromatic rings. The molecule has 0 saturated carbocycles. The Labute approximate surface area is 141 Å². The van der Waals surface area contributed by atoms with Crippen molar-refractivity contribution >= 4 is 0 Å². The highest BCUT2D eigenvalue weighted by Crippen LogP contribution is 2.23. The lowest BCUT2D eigenvalue weighted by atomic mass is 10.1. The van der Waals surface area contributed by atoms with Crippen molar-refractivity contribution in [1.82, 2.24) is 4.90 Å². The Kier molecular flexibility index (Phi) is 5.80. The summed E-state index contributed by atoms with van der Waals surface area (Å²) in [5.74, 6) is 0.487. The van der Waals surface area contributed by atoms with E-state index in [2.05, 4.69) is 4.90 Å². The van der Waals surface area contributed by atoms with Gasteiger partial charge in [0.1, 0.15) is 24.3 Å². The molecule has 128 valence electrons. The molecule has 4 nitrogen and oxygen atoms in total. The summed E-state index contributed by atoms with van der Waals surface area (Å²) in [7, 11) is 0. The minimum absolute atomic E-state index is 0.170. The number of benzene rings is 2. The van der Waals surface area contributed by atoms with Crippen LogP contribution in [0.2, 0.25) is 0 Å². The number of hydrogen-bond donors (Lipinski definition) is 1. The van der Waals surface area contributed by atoms with E-state index >= 15 is 0 Å². The smallest absolute Gasteiger partial charge is 0.123 e. The SMILES string of the molecule is OC(COc1ccccc1)CN1CCOC(c2cccc(F)c2)C1. The van der Waals surface area contributed by atoms with Gasteiger partial charge in [-0.25, -0.2) is 4.39 Å². The molecule has 1 heterocycles. The quantitative estimate of drug-likeness (QED) is 0.884. The number of ether oxygens (including phenoxy) is 2. The number of β-amino-alcohol motifs (C(OH)–C–C–N with tert-alkyl or cyclic N) is 1. The summed E-state index contributed by atoms with van der Waals surface area (Å²) >= 11 is 0. The molecule has 0 bridgehead atoms. The summed E-state index contributed by atoms with van der Waals surface area (Å²) < 4.78 is 24.7. The molecule has 0 amide bonds. The van der Waals surface area contributed by atoms with E-state index in [9.17, 15) is 9.50 Å². The van der Waals surface area contributed by atoms with Gasteiger partial charge < -0.3 is 14.6 Å². The third-order valence-electron chi connectivity index (χ3n) is 4.03. The molecule has 2 unspecified atom stereocenters. The van der Waals surface area contributed by atoms with Crippen LogP contribution in [0.15, 0.2) is 54.6 Å². The van der Waals surface area contributed by atoms with Gasteiger partial charge in [-0.05, 0) is 29.8 Å². The molecule has 24 heavy (non-hydrogen) atoms. The van der Waals surface area contributed by atoms with E-state index < -0.39 is 6.10 Å². The summed E-state index contributed by atoms with van der Waals surface area (Å²) in [5.41, 5.74) is 0.828. The fraction of sp³-hybridized carbons (Fsp3) is 0.368. The Hall–Kier alpha value is -1.95. The van der Waals surface area contributed by atoms with Crippen LogP contribution in [0.3, 0.4) is 0 Å². The Morgan fingerprint density at radius 2 is 2.04 bits per heavy atom. The van der Waals surface area contributed by atoms with Crippen molar-refractivity contribution in [3.8, 4) is 5.75 Å². The van der Waals surface area contributed by atoms with Crippen LogP contribution in [0.5, 0.6) is 5.75 Å². The summed E-state index contributed by atoms with van der Waals surface area (Å²) in [6.45, 7) is 2.68. The highest BCUT2D eigenvalue weighted by atomic mass is 19.1. The van der Waals surface area contributed by atoms with Crippen molar-refractivity contribution < 1.29 is 19.0 Å². The molecule has 3 rings (SSSR count). The Morgan fingerprint density at radius 1 is 1.21 bits per heavy atom. The minimum atomic E-state index is -0.587. The van der Waals surface area contributed by atoms with Gasteiger partial charge in [0.15, 0.2) is 0 Å². The summed E-state index contributed by atoms with van der Waals surface area (Å²) in [4.78, 5) is 2.12. The Balaban J connectivity index is 1.49. The second kappa shape index (κ2) is 8.24. The van der Waals surface area contributed by atoms with Crippen molar-refractivity contribution in [1.29, 1.82) is 0 Å². The van der Waals surface area contributed by atoms with Crippen LogP contribution in [0.4, 0.5) is 4.39 Å². The molecule has 1 fully saturated rings. The second-order valence-electron chi connectivity index (χ2n) is 5.95. The van der Waals surface area contributed by atoms with E-state index in [0.29, 0.717) is 19.7 Å². The fourth-order valence-electron chi connectivity index (χ4n) is 2.84. The molecule has 1 N–H and O–H groups in total. The monoisotopic (exact) mass is 331 g/mol. The lowest BCUT2D eigenvalue weighted by Gasteiger charge is -2.34. The number of halogens is 1. The van der Waals surface area contributed by atoms with Crippen molar-refractivity contribution in [2.45, 2.75) is 12.2 Å². The van der Waals surface area contributed by atoms with Gasteiger partial charge in [-0.2, -0.15) is 0 Å². The molecule has 0 aromatic heterocycles. The summed E-state index contributed by atoms with van der Waals surface area (Å²) in [6.07, 6.45) is -0.756. The summed E-state index contributed by atoms with van der Waals surface area (Å²) in [6, 6.07) is 15.9. The second-order valence-corrected chi connectivity index (χ2v) is 5.95. The lowest BCUT2D eigenvalue weighted by molar-refractivity contribution is -0.0460. The van der Waals surface area contributed by atoms with Crippen LogP contribution in [0.25, 0.3) is 0 Å². The number of aliphatic hydroxyl groups is 1. The van der Waals surface area contributed by atoms with Gasteiger partial charge in [0.2, 0.25) is 0 Å². The first-order valence-electron chi connectivity index (χ1n) is 8.16. The zero-order valence-electron chi connectivity index (χ0n) is 13.5. The highest BCUT2D eigenvalue weighted by Gasteiger charge is 2.24. The first-order chi connectivity index (χ1) is 11.7. The molecular weight excluding hydrogens is 309 g/mol. The molecule has 0 radical (unpaired) electrons. The van der Waals surface area contributed by atoms with Gasteiger partial charge in [-0.15, -0.1) is 0 Å². The van der Waals surface area contributed by atoms with Crippen molar-refractivity contribution in [3.63, 3.8) is 0 Å². The van der Waals surface area contributed by atoms with Gasteiger partial charge >= 0.3 is 0 Å². The van der Waals surface area contributed by atoms with Crippen LogP contribution in [-0.2, 0) is 4.74 Å². The predicted octanol–water partition coefficient (Wildman–Crippen LogP) is 2.64. The van der Waals surface area contributed by atoms with Crippen molar-refractivity contribution in [3.05, 3.63) is 66.0 Å². The van der Waals surface area contributed by atoms with Crippen LogP contribution < -0.4 is 4.74 Å². The summed E-state index contributed by atoms with van der Waals surface area (Å²) in [5, 5.41) is 10.2. The molecule has 2 atom stereocenters. The predicted molar refractivity (Wildman–Crippen MR) is 89.5 cm³/mol. The molecule has 1 aliphatic rings. The first-order valence-corrected chi connectivity index (χ1v) is 8.16. The third kappa shape index (κ3) is 4.77. The van der Waals surface area contributed by atoms with E-state index in [0.717, 1.165) is 17.9 Å². The molecular formula is C19H22FNO3. The van der Waals surface area contributed by atoms with E-state index in [1.54, 1.807) is 6.07 Å². The van der Waals surface area contributed by atoms with Gasteiger partial charge in [0.05, 0.1) is 12.7 Å². The molecule has 0 aliphatic carbocycles. The largest absolute Gasteiger partial charge is 0.491 e. The molecule has 5 heteroatoms. The number of rotatable bonds is 6. The zero-order valence-corrected chi connectivity index (χ0v) is 13.5. The lowest BCUT2D eigenvalue weighted by Crippen LogP contribution is -2.43. The van der Waals surface area contributed by atoms with E-state index in [4.69, 9.17) is 9.47 Å². The fourth-order valence-corrected chi connectivity index (χ4v) is 2.84. The number of aliphatic hydroxyl groups excluding tert-OH is 1. The Bertz CT molecular complexity index is 638. The topological polar surface area (TPSA) is 41.9 Å². The molecule has 2 aromatic carbocycles. The van der Waals surface area contributed by atoms with Crippen molar-refractivity contribution in [2.24, 2.45) is 0 Å². The van der Waals surface area contributed by atoms with Crippen molar-refractivity contribution in [2.75, 3.05) is 32.8 Å². The minimum Gasteiger partial charge on any atom is -0.491 e. The number of para-hydroxylation sites is 1. The first kappa shape index (κ1) is 16.9. The van der Waals surface area contributed by atoms with Gasteiger partial charge in [0.25, 0.3) is 0 Å². The maximum atomic E-state index is 13.4. The van der Waals surface area contributed by atoms with Crippen LogP contribution in [0.1, 0.15) is 11.7 Å². The standard InChI is InChI=1S/C19H22FNO3/c20-16-6-4-5-15(11-16)19-13-21(9-10-23-19)12-17(22)14-24-18-7-2-1-3-8-18/h1-8,11,17,19,22H,9-10,12-14H2. The molecule has 1 saturated heterocycles. The van der Waals surface area contributed by atoms with Gasteiger partial charge in [0, 0.05) is 19.6 Å². The van der Waals surface area contributed by atoms with Crippen LogP contribution in [-0.4, -0.2) is 49.0 Å².